The third-order valence-electron chi connectivity index (χ3n) is 2.11. The number of aromatic nitrogens is 1. The van der Waals surface area contributed by atoms with Gasteiger partial charge in [0, 0.05) is 0 Å². The Labute approximate surface area is 108 Å². The lowest BCUT2D eigenvalue weighted by molar-refractivity contribution is -0.115. The summed E-state index contributed by atoms with van der Waals surface area (Å²) < 4.78 is 5.23. The van der Waals surface area contributed by atoms with Crippen LogP contribution < -0.4 is 5.73 Å². The highest BCUT2D eigenvalue weighted by Crippen LogP contribution is 2.25. The van der Waals surface area contributed by atoms with Gasteiger partial charge in [-0.05, 0) is 24.3 Å². The topological polar surface area (TPSA) is 92.9 Å². The van der Waals surface area contributed by atoms with Gasteiger partial charge in [0.05, 0.1) is 17.6 Å². The lowest BCUT2D eigenvalue weighted by Gasteiger charge is -2.03. The van der Waals surface area contributed by atoms with E-state index in [1.807, 2.05) is 6.07 Å². The highest BCUT2D eigenvalue weighted by atomic mass is 32.2. The Morgan fingerprint density at radius 1 is 1.50 bits per heavy atom. The van der Waals surface area contributed by atoms with Crippen molar-refractivity contribution in [3.63, 3.8) is 0 Å². The van der Waals surface area contributed by atoms with E-state index in [4.69, 9.17) is 15.4 Å². The molecule has 1 amide bonds. The molecule has 6 heteroatoms. The standard InChI is InChI=1S/C12H9N3O2S/c13-6-8-3-4-9(10-2-1-5-17-10)15-12(8)18-7-11(14)16/h1-5H,7H2,(H2,14,16). The molecule has 90 valence electrons. The minimum Gasteiger partial charge on any atom is -0.463 e. The average molecular weight is 259 g/mol. The molecule has 0 aromatic carbocycles. The van der Waals surface area contributed by atoms with E-state index in [1.54, 1.807) is 30.5 Å². The molecule has 0 fully saturated rings. The van der Waals surface area contributed by atoms with Gasteiger partial charge in [-0.1, -0.05) is 11.8 Å². The van der Waals surface area contributed by atoms with Crippen LogP contribution in [0.25, 0.3) is 11.5 Å². The molecule has 2 N–H and O–H groups in total. The SMILES string of the molecule is N#Cc1ccc(-c2ccco2)nc1SCC(N)=O. The summed E-state index contributed by atoms with van der Waals surface area (Å²) in [5, 5.41) is 9.44. The molecule has 18 heavy (non-hydrogen) atoms. The molecular formula is C12H9N3O2S. The van der Waals surface area contributed by atoms with Gasteiger partial charge in [-0.2, -0.15) is 5.26 Å². The zero-order valence-electron chi connectivity index (χ0n) is 9.29. The Morgan fingerprint density at radius 3 is 2.94 bits per heavy atom. The van der Waals surface area contributed by atoms with Gasteiger partial charge in [0.2, 0.25) is 5.91 Å². The van der Waals surface area contributed by atoms with Crippen LogP contribution in [-0.4, -0.2) is 16.6 Å². The van der Waals surface area contributed by atoms with E-state index in [-0.39, 0.29) is 5.75 Å². The normalized spacial score (nSPS) is 9.94. The molecule has 0 spiro atoms. The van der Waals surface area contributed by atoms with E-state index in [1.165, 1.54) is 0 Å². The molecule has 0 aliphatic heterocycles. The summed E-state index contributed by atoms with van der Waals surface area (Å²) in [7, 11) is 0. The van der Waals surface area contributed by atoms with Crippen LogP contribution in [0, 0.1) is 11.3 Å². The number of primary amides is 1. The number of hydrogen-bond donors (Lipinski definition) is 1. The van der Waals surface area contributed by atoms with Crippen molar-refractivity contribution in [2.24, 2.45) is 5.73 Å². The van der Waals surface area contributed by atoms with Crippen LogP contribution in [0.2, 0.25) is 0 Å². The van der Waals surface area contributed by atoms with Gasteiger partial charge < -0.3 is 10.2 Å². The molecule has 0 saturated heterocycles. The first-order valence-corrected chi connectivity index (χ1v) is 6.05. The summed E-state index contributed by atoms with van der Waals surface area (Å²) in [4.78, 5) is 15.1. The zero-order chi connectivity index (χ0) is 13.0. The molecule has 0 bridgehead atoms. The van der Waals surface area contributed by atoms with Gasteiger partial charge in [-0.25, -0.2) is 4.98 Å². The van der Waals surface area contributed by atoms with E-state index >= 15 is 0 Å². The van der Waals surface area contributed by atoms with E-state index in [9.17, 15) is 4.79 Å². The molecule has 0 aliphatic carbocycles. The predicted molar refractivity (Wildman–Crippen MR) is 66.6 cm³/mol. The number of carbonyl (C=O) groups is 1. The number of nitrogens with zero attached hydrogens (tertiary/aromatic N) is 2. The number of amides is 1. The summed E-state index contributed by atoms with van der Waals surface area (Å²) in [5.41, 5.74) is 6.11. The van der Waals surface area contributed by atoms with Gasteiger partial charge in [-0.3, -0.25) is 4.79 Å². The Kier molecular flexibility index (Phi) is 3.65. The number of hydrogen-bond acceptors (Lipinski definition) is 5. The van der Waals surface area contributed by atoms with Crippen molar-refractivity contribution in [1.29, 1.82) is 5.26 Å². The number of carbonyl (C=O) groups excluding carboxylic acids is 1. The molecular weight excluding hydrogens is 250 g/mol. The second-order valence-corrected chi connectivity index (χ2v) is 4.36. The van der Waals surface area contributed by atoms with Crippen molar-refractivity contribution in [2.45, 2.75) is 5.03 Å². The monoisotopic (exact) mass is 259 g/mol. The van der Waals surface area contributed by atoms with Crippen LogP contribution in [0.15, 0.2) is 40.0 Å². The van der Waals surface area contributed by atoms with Crippen molar-refractivity contribution in [1.82, 2.24) is 4.98 Å². The number of thioether (sulfide) groups is 1. The number of rotatable bonds is 4. The van der Waals surface area contributed by atoms with Crippen LogP contribution in [-0.2, 0) is 4.79 Å². The molecule has 2 rings (SSSR count). The summed E-state index contributed by atoms with van der Waals surface area (Å²) in [6, 6.07) is 8.90. The fourth-order valence-corrected chi connectivity index (χ4v) is 2.05. The molecule has 0 unspecified atom stereocenters. The first-order chi connectivity index (χ1) is 8.70. The van der Waals surface area contributed by atoms with E-state index in [2.05, 4.69) is 4.98 Å². The number of nitrogens with two attached hydrogens (primary N) is 1. The molecule has 0 aliphatic rings. The highest BCUT2D eigenvalue weighted by Gasteiger charge is 2.10. The lowest BCUT2D eigenvalue weighted by atomic mass is 10.2. The third-order valence-corrected chi connectivity index (χ3v) is 3.12. The number of pyridine rings is 1. The van der Waals surface area contributed by atoms with Gasteiger partial charge in [0.1, 0.15) is 16.8 Å². The second-order valence-electron chi connectivity index (χ2n) is 3.39. The molecule has 2 aromatic rings. The maximum absolute atomic E-state index is 10.8. The Bertz CT molecular complexity index is 602. The smallest absolute Gasteiger partial charge is 0.227 e. The quantitative estimate of drug-likeness (QED) is 0.845. The zero-order valence-corrected chi connectivity index (χ0v) is 10.1. The van der Waals surface area contributed by atoms with Crippen LogP contribution in [0.1, 0.15) is 5.56 Å². The fourth-order valence-electron chi connectivity index (χ4n) is 1.34. The molecule has 0 atom stereocenters. The Hall–Kier alpha value is -2.26. The van der Waals surface area contributed by atoms with E-state index < -0.39 is 5.91 Å². The Morgan fingerprint density at radius 2 is 2.33 bits per heavy atom. The maximum atomic E-state index is 10.8. The van der Waals surface area contributed by atoms with Gasteiger partial charge in [0.15, 0.2) is 5.76 Å². The first kappa shape index (κ1) is 12.2. The molecule has 0 saturated carbocycles. The van der Waals surface area contributed by atoms with E-state index in [0.29, 0.717) is 22.0 Å². The van der Waals surface area contributed by atoms with Crippen molar-refractivity contribution in [2.75, 3.05) is 5.75 Å². The number of nitriles is 1. The summed E-state index contributed by atoms with van der Waals surface area (Å²) in [6.07, 6.45) is 1.55. The van der Waals surface area contributed by atoms with Gasteiger partial charge in [-0.15, -0.1) is 0 Å². The van der Waals surface area contributed by atoms with Crippen molar-refractivity contribution in [3.05, 3.63) is 36.1 Å². The summed E-state index contributed by atoms with van der Waals surface area (Å²) in [6.45, 7) is 0. The summed E-state index contributed by atoms with van der Waals surface area (Å²) >= 11 is 1.14. The minimum atomic E-state index is -0.450. The molecule has 0 radical (unpaired) electrons. The highest BCUT2D eigenvalue weighted by molar-refractivity contribution is 7.99. The average Bonchev–Trinajstić information content (AvgIpc) is 2.89. The largest absolute Gasteiger partial charge is 0.463 e. The van der Waals surface area contributed by atoms with Gasteiger partial charge >= 0.3 is 0 Å². The fraction of sp³-hybridized carbons (Fsp3) is 0.0833. The summed E-state index contributed by atoms with van der Waals surface area (Å²) in [5.74, 6) is 0.248. The van der Waals surface area contributed by atoms with Crippen LogP contribution in [0.4, 0.5) is 0 Å². The number of furan rings is 1. The molecule has 2 heterocycles. The van der Waals surface area contributed by atoms with Crippen LogP contribution in [0.3, 0.4) is 0 Å². The first-order valence-electron chi connectivity index (χ1n) is 5.07. The minimum absolute atomic E-state index is 0.0866. The second kappa shape index (κ2) is 5.38. The third kappa shape index (κ3) is 2.70. The van der Waals surface area contributed by atoms with Gasteiger partial charge in [0.25, 0.3) is 0 Å². The van der Waals surface area contributed by atoms with Crippen molar-refractivity contribution >= 4 is 17.7 Å². The molecule has 5 nitrogen and oxygen atoms in total. The molecule has 2 aromatic heterocycles. The predicted octanol–water partition coefficient (Wildman–Crippen LogP) is 1.79. The van der Waals surface area contributed by atoms with Crippen molar-refractivity contribution < 1.29 is 9.21 Å². The van der Waals surface area contributed by atoms with E-state index in [0.717, 1.165) is 11.8 Å². The Balaban J connectivity index is 2.34. The maximum Gasteiger partial charge on any atom is 0.227 e. The van der Waals surface area contributed by atoms with Crippen LogP contribution >= 0.6 is 11.8 Å². The lowest BCUT2D eigenvalue weighted by Crippen LogP contribution is -2.13. The van der Waals surface area contributed by atoms with Crippen LogP contribution in [0.5, 0.6) is 0 Å². The van der Waals surface area contributed by atoms with Crippen molar-refractivity contribution in [3.8, 4) is 17.5 Å².